The lowest BCUT2D eigenvalue weighted by Crippen LogP contribution is -2.40. The molecule has 0 spiro atoms. The first-order valence-electron chi connectivity index (χ1n) is 7.50. The number of ether oxygens (including phenoxy) is 2. The molecule has 0 heterocycles. The van der Waals surface area contributed by atoms with Crippen LogP contribution in [0.3, 0.4) is 0 Å². The van der Waals surface area contributed by atoms with Crippen molar-refractivity contribution in [3.63, 3.8) is 0 Å². The zero-order chi connectivity index (χ0) is 16.2. The second kappa shape index (κ2) is 6.79. The Kier molecular flexibility index (Phi) is 5.03. The zero-order valence-corrected chi connectivity index (χ0v) is 13.6. The van der Waals surface area contributed by atoms with Gasteiger partial charge in [-0.05, 0) is 32.4 Å². The first kappa shape index (κ1) is 16.3. The lowest BCUT2D eigenvalue weighted by Gasteiger charge is -2.24. The molecule has 0 aliphatic carbocycles. The largest absolute Gasteiger partial charge is 0.496 e. The minimum Gasteiger partial charge on any atom is -0.496 e. The summed E-state index contributed by atoms with van der Waals surface area (Å²) in [6, 6.07) is 11.5. The normalized spacial score (nSPS) is 11.5. The van der Waals surface area contributed by atoms with Crippen molar-refractivity contribution in [2.45, 2.75) is 32.8 Å². The summed E-state index contributed by atoms with van der Waals surface area (Å²) >= 11 is 0. The highest BCUT2D eigenvalue weighted by atomic mass is 16.5. The van der Waals surface area contributed by atoms with Crippen LogP contribution < -0.4 is 10.1 Å². The minimum atomic E-state index is -0.864. The Balaban J connectivity index is 2.31. The van der Waals surface area contributed by atoms with Crippen molar-refractivity contribution in [1.82, 2.24) is 0 Å². The van der Waals surface area contributed by atoms with Crippen molar-refractivity contribution < 1.29 is 14.3 Å². The van der Waals surface area contributed by atoms with Crippen LogP contribution >= 0.6 is 0 Å². The standard InChI is InChI=1S/C18H23NO3/c1-5-12-22-18(2,3)17(20)19-15-10-11-16(21-4)14-9-7-6-8-13(14)15/h6-11H,5,12H2,1-4H3,(H,19,20). The van der Waals surface area contributed by atoms with Crippen LogP contribution in [-0.2, 0) is 9.53 Å². The molecule has 0 fully saturated rings. The van der Waals surface area contributed by atoms with Crippen molar-refractivity contribution in [3.05, 3.63) is 36.4 Å². The Morgan fingerprint density at radius 1 is 1.14 bits per heavy atom. The van der Waals surface area contributed by atoms with Crippen molar-refractivity contribution >= 4 is 22.4 Å². The Labute approximate surface area is 131 Å². The molecule has 2 aromatic rings. The molecule has 4 heteroatoms. The molecule has 2 rings (SSSR count). The van der Waals surface area contributed by atoms with Gasteiger partial charge in [0.25, 0.3) is 5.91 Å². The zero-order valence-electron chi connectivity index (χ0n) is 13.6. The van der Waals surface area contributed by atoms with Gasteiger partial charge in [0.15, 0.2) is 0 Å². The number of anilines is 1. The molecule has 0 unspecified atom stereocenters. The van der Waals surface area contributed by atoms with E-state index in [-0.39, 0.29) is 5.91 Å². The molecule has 22 heavy (non-hydrogen) atoms. The first-order chi connectivity index (χ1) is 10.5. The van der Waals surface area contributed by atoms with E-state index >= 15 is 0 Å². The third kappa shape index (κ3) is 3.39. The molecule has 0 bridgehead atoms. The van der Waals surface area contributed by atoms with Gasteiger partial charge in [0.2, 0.25) is 0 Å². The van der Waals surface area contributed by atoms with Gasteiger partial charge in [-0.2, -0.15) is 0 Å². The fraction of sp³-hybridized carbons (Fsp3) is 0.389. The fourth-order valence-electron chi connectivity index (χ4n) is 2.25. The molecular weight excluding hydrogens is 278 g/mol. The Morgan fingerprint density at radius 2 is 1.82 bits per heavy atom. The monoisotopic (exact) mass is 301 g/mol. The summed E-state index contributed by atoms with van der Waals surface area (Å²) in [5.74, 6) is 0.631. The summed E-state index contributed by atoms with van der Waals surface area (Å²) in [5.41, 5.74) is -0.105. The summed E-state index contributed by atoms with van der Waals surface area (Å²) in [6.07, 6.45) is 0.877. The number of methoxy groups -OCH3 is 1. The number of rotatable bonds is 6. The number of nitrogens with one attached hydrogen (secondary N) is 1. The number of carbonyl (C=O) groups excluding carboxylic acids is 1. The molecular formula is C18H23NO3. The van der Waals surface area contributed by atoms with Crippen LogP contribution in [-0.4, -0.2) is 25.2 Å². The van der Waals surface area contributed by atoms with Crippen molar-refractivity contribution in [2.24, 2.45) is 0 Å². The maximum atomic E-state index is 12.5. The topological polar surface area (TPSA) is 47.6 Å². The molecule has 118 valence electrons. The molecule has 0 radical (unpaired) electrons. The van der Waals surface area contributed by atoms with E-state index in [9.17, 15) is 4.79 Å². The number of hydrogen-bond acceptors (Lipinski definition) is 3. The molecule has 0 atom stereocenters. The van der Waals surface area contributed by atoms with Crippen LogP contribution in [0.1, 0.15) is 27.2 Å². The molecule has 1 amide bonds. The number of carbonyl (C=O) groups is 1. The van der Waals surface area contributed by atoms with E-state index in [4.69, 9.17) is 9.47 Å². The van der Waals surface area contributed by atoms with Crippen LogP contribution in [0.25, 0.3) is 10.8 Å². The average molecular weight is 301 g/mol. The van der Waals surface area contributed by atoms with Gasteiger partial charge in [-0.25, -0.2) is 0 Å². The van der Waals surface area contributed by atoms with Crippen molar-refractivity contribution in [2.75, 3.05) is 19.0 Å². The maximum absolute atomic E-state index is 12.5. The molecule has 1 N–H and O–H groups in total. The van der Waals surface area contributed by atoms with E-state index < -0.39 is 5.60 Å². The summed E-state index contributed by atoms with van der Waals surface area (Å²) in [5, 5.41) is 4.88. The Morgan fingerprint density at radius 3 is 2.45 bits per heavy atom. The van der Waals surface area contributed by atoms with Gasteiger partial charge in [0.05, 0.1) is 7.11 Å². The van der Waals surface area contributed by atoms with Gasteiger partial charge in [-0.15, -0.1) is 0 Å². The van der Waals surface area contributed by atoms with Crippen LogP contribution in [0.5, 0.6) is 5.75 Å². The molecule has 0 aliphatic rings. The second-order valence-corrected chi connectivity index (χ2v) is 5.67. The van der Waals surface area contributed by atoms with Crippen LogP contribution in [0.15, 0.2) is 36.4 Å². The average Bonchev–Trinajstić information content (AvgIpc) is 2.53. The van der Waals surface area contributed by atoms with Gasteiger partial charge in [-0.1, -0.05) is 31.2 Å². The molecule has 0 aromatic heterocycles. The van der Waals surface area contributed by atoms with E-state index in [1.165, 1.54) is 0 Å². The van der Waals surface area contributed by atoms with Crippen LogP contribution in [0.4, 0.5) is 5.69 Å². The lowest BCUT2D eigenvalue weighted by atomic mass is 10.1. The summed E-state index contributed by atoms with van der Waals surface area (Å²) in [6.45, 7) is 6.14. The minimum absolute atomic E-state index is 0.156. The predicted octanol–water partition coefficient (Wildman–Crippen LogP) is 3.99. The van der Waals surface area contributed by atoms with Gasteiger partial charge in [0, 0.05) is 23.1 Å². The summed E-state index contributed by atoms with van der Waals surface area (Å²) < 4.78 is 11.0. The van der Waals surface area contributed by atoms with Crippen molar-refractivity contribution in [1.29, 1.82) is 0 Å². The molecule has 0 aliphatic heterocycles. The smallest absolute Gasteiger partial charge is 0.256 e. The highest BCUT2D eigenvalue weighted by Crippen LogP contribution is 2.31. The summed E-state index contributed by atoms with van der Waals surface area (Å²) in [4.78, 5) is 12.5. The predicted molar refractivity (Wildman–Crippen MR) is 89.5 cm³/mol. The molecule has 4 nitrogen and oxygen atoms in total. The fourth-order valence-corrected chi connectivity index (χ4v) is 2.25. The Hall–Kier alpha value is -2.07. The van der Waals surface area contributed by atoms with E-state index in [1.807, 2.05) is 43.3 Å². The third-order valence-corrected chi connectivity index (χ3v) is 3.57. The number of hydrogen-bond donors (Lipinski definition) is 1. The number of amides is 1. The molecule has 0 saturated heterocycles. The van der Waals surface area contributed by atoms with Gasteiger partial charge in [-0.3, -0.25) is 4.79 Å². The van der Waals surface area contributed by atoms with E-state index in [0.717, 1.165) is 28.6 Å². The molecule has 0 saturated carbocycles. The van der Waals surface area contributed by atoms with Crippen molar-refractivity contribution in [3.8, 4) is 5.75 Å². The quantitative estimate of drug-likeness (QED) is 0.877. The van der Waals surface area contributed by atoms with E-state index in [2.05, 4.69) is 5.32 Å². The number of benzene rings is 2. The maximum Gasteiger partial charge on any atom is 0.256 e. The second-order valence-electron chi connectivity index (χ2n) is 5.67. The Bertz CT molecular complexity index is 664. The van der Waals surface area contributed by atoms with Gasteiger partial charge < -0.3 is 14.8 Å². The SMILES string of the molecule is CCCOC(C)(C)C(=O)Nc1ccc(OC)c2ccccc12. The highest BCUT2D eigenvalue weighted by Gasteiger charge is 2.28. The first-order valence-corrected chi connectivity index (χ1v) is 7.50. The van der Waals surface area contributed by atoms with Crippen LogP contribution in [0, 0.1) is 0 Å². The molecule has 2 aromatic carbocycles. The number of fused-ring (bicyclic) bond motifs is 1. The van der Waals surface area contributed by atoms with Gasteiger partial charge >= 0.3 is 0 Å². The van der Waals surface area contributed by atoms with E-state index in [0.29, 0.717) is 6.61 Å². The highest BCUT2D eigenvalue weighted by molar-refractivity contribution is 6.06. The van der Waals surface area contributed by atoms with E-state index in [1.54, 1.807) is 21.0 Å². The third-order valence-electron chi connectivity index (χ3n) is 3.57. The lowest BCUT2D eigenvalue weighted by molar-refractivity contribution is -0.137. The van der Waals surface area contributed by atoms with Gasteiger partial charge in [0.1, 0.15) is 11.4 Å². The van der Waals surface area contributed by atoms with Crippen LogP contribution in [0.2, 0.25) is 0 Å². The summed E-state index contributed by atoms with van der Waals surface area (Å²) in [7, 11) is 1.64.